The highest BCUT2D eigenvalue weighted by Crippen LogP contribution is 2.26. The van der Waals surface area contributed by atoms with Gasteiger partial charge in [0.15, 0.2) is 5.13 Å². The van der Waals surface area contributed by atoms with E-state index in [2.05, 4.69) is 30.6 Å². The first-order valence-corrected chi connectivity index (χ1v) is 7.83. The van der Waals surface area contributed by atoms with Crippen LogP contribution in [0.3, 0.4) is 0 Å². The molecule has 0 aliphatic rings. The van der Waals surface area contributed by atoms with Crippen LogP contribution in [0.1, 0.15) is 10.6 Å². The highest BCUT2D eigenvalue weighted by Gasteiger charge is 2.13. The molecule has 0 aromatic carbocycles. The summed E-state index contributed by atoms with van der Waals surface area (Å²) < 4.78 is 5.31. The molecule has 0 aliphatic heterocycles. The standard InChI is InChI=1S/C15H14N6O2S/c1-9-3-4-12(20-11-6-16-8-17-7-11)13(19-9)23-15(22)21-14-18-5-10(2)24-14/h3-8,20H,1-2H3,(H,18,21,22). The molecule has 8 nitrogen and oxygen atoms in total. The van der Waals surface area contributed by atoms with Crippen LogP contribution in [-0.4, -0.2) is 26.0 Å². The van der Waals surface area contributed by atoms with Crippen molar-refractivity contribution in [3.8, 4) is 5.88 Å². The van der Waals surface area contributed by atoms with E-state index in [9.17, 15) is 4.79 Å². The van der Waals surface area contributed by atoms with Crippen molar-refractivity contribution in [2.45, 2.75) is 13.8 Å². The van der Waals surface area contributed by atoms with Crippen molar-refractivity contribution in [3.63, 3.8) is 0 Å². The van der Waals surface area contributed by atoms with Gasteiger partial charge < -0.3 is 10.1 Å². The third-order valence-electron chi connectivity index (χ3n) is 2.86. The van der Waals surface area contributed by atoms with Crippen LogP contribution in [0.2, 0.25) is 0 Å². The number of pyridine rings is 1. The van der Waals surface area contributed by atoms with Crippen LogP contribution in [0.4, 0.5) is 21.3 Å². The fraction of sp³-hybridized carbons (Fsp3) is 0.133. The SMILES string of the molecule is Cc1ccc(Nc2cncnc2)c(OC(=O)Nc2ncc(C)s2)n1. The highest BCUT2D eigenvalue weighted by atomic mass is 32.1. The average Bonchev–Trinajstić information content (AvgIpc) is 2.96. The molecule has 9 heteroatoms. The number of nitrogens with zero attached hydrogens (tertiary/aromatic N) is 4. The molecule has 0 saturated carbocycles. The van der Waals surface area contributed by atoms with E-state index in [0.29, 0.717) is 16.5 Å². The van der Waals surface area contributed by atoms with Gasteiger partial charge in [-0.25, -0.2) is 24.7 Å². The molecule has 0 radical (unpaired) electrons. The van der Waals surface area contributed by atoms with Crippen LogP contribution in [0.5, 0.6) is 5.88 Å². The molecule has 0 spiro atoms. The number of rotatable bonds is 4. The zero-order valence-corrected chi connectivity index (χ0v) is 13.8. The summed E-state index contributed by atoms with van der Waals surface area (Å²) in [4.78, 5) is 29.2. The van der Waals surface area contributed by atoms with E-state index in [0.717, 1.165) is 10.6 Å². The van der Waals surface area contributed by atoms with Crippen molar-refractivity contribution >= 4 is 33.9 Å². The summed E-state index contributed by atoms with van der Waals surface area (Å²) in [5, 5.41) is 6.11. The Morgan fingerprint density at radius 2 is 1.96 bits per heavy atom. The van der Waals surface area contributed by atoms with E-state index in [4.69, 9.17) is 4.74 Å². The van der Waals surface area contributed by atoms with E-state index >= 15 is 0 Å². The molecular weight excluding hydrogens is 328 g/mol. The molecule has 2 N–H and O–H groups in total. The fourth-order valence-corrected chi connectivity index (χ4v) is 2.49. The molecule has 1 amide bonds. The maximum absolute atomic E-state index is 12.0. The Bertz CT molecular complexity index is 852. The minimum Gasteiger partial charge on any atom is -0.389 e. The summed E-state index contributed by atoms with van der Waals surface area (Å²) in [6.45, 7) is 3.71. The van der Waals surface area contributed by atoms with Crippen molar-refractivity contribution < 1.29 is 9.53 Å². The summed E-state index contributed by atoms with van der Waals surface area (Å²) in [5.41, 5.74) is 1.91. The van der Waals surface area contributed by atoms with Crippen molar-refractivity contribution in [2.24, 2.45) is 0 Å². The maximum Gasteiger partial charge on any atom is 0.420 e. The van der Waals surface area contributed by atoms with E-state index in [1.807, 2.05) is 13.8 Å². The number of anilines is 3. The average molecular weight is 342 g/mol. The number of carbonyl (C=O) groups is 1. The van der Waals surface area contributed by atoms with Crippen LogP contribution in [0.15, 0.2) is 37.1 Å². The van der Waals surface area contributed by atoms with Gasteiger partial charge in [0.05, 0.1) is 18.1 Å². The van der Waals surface area contributed by atoms with Crippen molar-refractivity contribution in [3.05, 3.63) is 47.6 Å². The smallest absolute Gasteiger partial charge is 0.389 e. The topological polar surface area (TPSA) is 102 Å². The second-order valence-corrected chi connectivity index (χ2v) is 6.08. The molecule has 3 aromatic rings. The molecule has 0 bridgehead atoms. The molecule has 0 atom stereocenters. The summed E-state index contributed by atoms with van der Waals surface area (Å²) >= 11 is 1.36. The van der Waals surface area contributed by atoms with Gasteiger partial charge in [0.1, 0.15) is 12.0 Å². The Balaban J connectivity index is 1.76. The number of hydrogen-bond donors (Lipinski definition) is 2. The lowest BCUT2D eigenvalue weighted by molar-refractivity contribution is 0.213. The third kappa shape index (κ3) is 4.02. The number of amides is 1. The van der Waals surface area contributed by atoms with Crippen LogP contribution >= 0.6 is 11.3 Å². The molecule has 3 rings (SSSR count). The largest absolute Gasteiger partial charge is 0.420 e. The third-order valence-corrected chi connectivity index (χ3v) is 3.69. The lowest BCUT2D eigenvalue weighted by Crippen LogP contribution is -2.18. The first-order valence-electron chi connectivity index (χ1n) is 7.01. The highest BCUT2D eigenvalue weighted by molar-refractivity contribution is 7.15. The van der Waals surface area contributed by atoms with Gasteiger partial charge in [0, 0.05) is 16.8 Å². The number of ether oxygens (including phenoxy) is 1. The second kappa shape index (κ2) is 7.01. The van der Waals surface area contributed by atoms with E-state index in [1.54, 1.807) is 30.7 Å². The van der Waals surface area contributed by atoms with Gasteiger partial charge in [-0.1, -0.05) is 0 Å². The lowest BCUT2D eigenvalue weighted by Gasteiger charge is -2.11. The Morgan fingerprint density at radius 3 is 2.67 bits per heavy atom. The van der Waals surface area contributed by atoms with Crippen LogP contribution in [0.25, 0.3) is 0 Å². The Hall–Kier alpha value is -3.07. The van der Waals surface area contributed by atoms with E-state index < -0.39 is 6.09 Å². The first kappa shape index (κ1) is 15.8. The number of hydrogen-bond acceptors (Lipinski definition) is 8. The lowest BCUT2D eigenvalue weighted by atomic mass is 10.3. The molecular formula is C15H14N6O2S. The van der Waals surface area contributed by atoms with Gasteiger partial charge in [-0.2, -0.15) is 0 Å². The molecule has 3 heterocycles. The number of aryl methyl sites for hydroxylation is 2. The normalized spacial score (nSPS) is 10.2. The predicted octanol–water partition coefficient (Wildman–Crippen LogP) is 3.30. The number of carbonyl (C=O) groups excluding carboxylic acids is 1. The molecule has 122 valence electrons. The van der Waals surface area contributed by atoms with E-state index in [1.165, 1.54) is 17.7 Å². The minimum absolute atomic E-state index is 0.157. The van der Waals surface area contributed by atoms with Crippen LogP contribution in [-0.2, 0) is 0 Å². The molecule has 3 aromatic heterocycles. The monoisotopic (exact) mass is 342 g/mol. The summed E-state index contributed by atoms with van der Waals surface area (Å²) in [7, 11) is 0. The summed E-state index contributed by atoms with van der Waals surface area (Å²) in [6.07, 6.45) is 5.66. The van der Waals surface area contributed by atoms with Crippen molar-refractivity contribution in [1.82, 2.24) is 19.9 Å². The second-order valence-electron chi connectivity index (χ2n) is 4.85. The van der Waals surface area contributed by atoms with Gasteiger partial charge in [-0.15, -0.1) is 11.3 Å². The van der Waals surface area contributed by atoms with Crippen LogP contribution < -0.4 is 15.4 Å². The predicted molar refractivity (Wildman–Crippen MR) is 90.8 cm³/mol. The minimum atomic E-state index is -0.658. The maximum atomic E-state index is 12.0. The van der Waals surface area contributed by atoms with Crippen LogP contribution in [0, 0.1) is 13.8 Å². The van der Waals surface area contributed by atoms with Gasteiger partial charge in [-0.05, 0) is 26.0 Å². The molecule has 0 fully saturated rings. The number of thiazole rings is 1. The molecule has 0 unspecified atom stereocenters. The molecule has 0 saturated heterocycles. The fourth-order valence-electron chi connectivity index (χ4n) is 1.84. The van der Waals surface area contributed by atoms with E-state index in [-0.39, 0.29) is 5.88 Å². The quantitative estimate of drug-likeness (QED) is 0.750. The van der Waals surface area contributed by atoms with Gasteiger partial charge >= 0.3 is 6.09 Å². The Kier molecular flexibility index (Phi) is 4.62. The van der Waals surface area contributed by atoms with Crippen molar-refractivity contribution in [1.29, 1.82) is 0 Å². The zero-order valence-electron chi connectivity index (χ0n) is 13.0. The first-order chi connectivity index (χ1) is 11.6. The number of aromatic nitrogens is 4. The van der Waals surface area contributed by atoms with Crippen molar-refractivity contribution in [2.75, 3.05) is 10.6 Å². The molecule has 0 aliphatic carbocycles. The molecule has 24 heavy (non-hydrogen) atoms. The Morgan fingerprint density at radius 1 is 1.17 bits per heavy atom. The van der Waals surface area contributed by atoms with Gasteiger partial charge in [0.2, 0.25) is 5.88 Å². The Labute approximate surface area is 142 Å². The summed E-state index contributed by atoms with van der Waals surface area (Å²) in [5.74, 6) is 0.157. The number of nitrogens with one attached hydrogen (secondary N) is 2. The summed E-state index contributed by atoms with van der Waals surface area (Å²) in [6, 6.07) is 3.58. The van der Waals surface area contributed by atoms with Gasteiger partial charge in [0.25, 0.3) is 0 Å². The zero-order chi connectivity index (χ0) is 16.9. The van der Waals surface area contributed by atoms with Gasteiger partial charge in [-0.3, -0.25) is 5.32 Å².